The minimum Gasteiger partial charge on any atom is -0.479 e. The molecule has 0 amide bonds. The van der Waals surface area contributed by atoms with Gasteiger partial charge in [-0.25, -0.2) is 4.79 Å². The highest BCUT2D eigenvalue weighted by molar-refractivity contribution is 5.72. The van der Waals surface area contributed by atoms with Crippen molar-refractivity contribution in [2.45, 2.75) is 18.9 Å². The summed E-state index contributed by atoms with van der Waals surface area (Å²) in [7, 11) is 0. The fraction of sp³-hybridized carbons (Fsp3) is 0.800. The standard InChI is InChI=1S/C5H8O3/c6-4(5(7)8)3-1-2-3/h3-4,6H,1-2H2,(H,7,8)/i4D. The predicted molar refractivity (Wildman–Crippen MR) is 26.4 cm³/mol. The topological polar surface area (TPSA) is 57.5 Å². The molecule has 8 heavy (non-hydrogen) atoms. The van der Waals surface area contributed by atoms with Crippen LogP contribution in [0.25, 0.3) is 0 Å². The Kier molecular flexibility index (Phi) is 0.942. The molecular weight excluding hydrogens is 108 g/mol. The van der Waals surface area contributed by atoms with Crippen molar-refractivity contribution in [1.82, 2.24) is 0 Å². The fourth-order valence-corrected chi connectivity index (χ4v) is 0.531. The fourth-order valence-electron chi connectivity index (χ4n) is 0.531. The van der Waals surface area contributed by atoms with E-state index in [1.165, 1.54) is 0 Å². The summed E-state index contributed by atoms with van der Waals surface area (Å²) in [6.45, 7) is 0. The van der Waals surface area contributed by atoms with Crippen molar-refractivity contribution < 1.29 is 16.4 Å². The Morgan fingerprint density at radius 3 is 2.50 bits per heavy atom. The average Bonchev–Trinajstić information content (AvgIpc) is 2.42. The van der Waals surface area contributed by atoms with Crippen LogP contribution < -0.4 is 0 Å². The molecule has 1 aliphatic rings. The van der Waals surface area contributed by atoms with E-state index < -0.39 is 12.0 Å². The summed E-state index contributed by atoms with van der Waals surface area (Å²) in [6, 6.07) is 0. The lowest BCUT2D eigenvalue weighted by Crippen LogP contribution is -2.21. The molecule has 0 bridgehead atoms. The maximum atomic E-state index is 10.1. The number of rotatable bonds is 2. The largest absolute Gasteiger partial charge is 0.479 e. The van der Waals surface area contributed by atoms with Crippen LogP contribution in [0.15, 0.2) is 0 Å². The molecule has 0 aromatic heterocycles. The van der Waals surface area contributed by atoms with Crippen LogP contribution in [-0.4, -0.2) is 22.3 Å². The van der Waals surface area contributed by atoms with Crippen molar-refractivity contribution in [1.29, 1.82) is 0 Å². The lowest BCUT2D eigenvalue weighted by Gasteiger charge is -1.98. The number of hydrogen-bond donors (Lipinski definition) is 2. The minimum atomic E-state index is -2.22. The van der Waals surface area contributed by atoms with Crippen molar-refractivity contribution in [3.63, 3.8) is 0 Å². The van der Waals surface area contributed by atoms with E-state index in [0.717, 1.165) is 0 Å². The number of hydrogen-bond acceptors (Lipinski definition) is 2. The molecule has 0 spiro atoms. The van der Waals surface area contributed by atoms with Gasteiger partial charge in [-0.1, -0.05) is 0 Å². The Morgan fingerprint density at radius 2 is 2.38 bits per heavy atom. The Bertz CT molecular complexity index is 139. The first-order chi connectivity index (χ1) is 4.05. The lowest BCUT2D eigenvalue weighted by molar-refractivity contribution is -0.147. The van der Waals surface area contributed by atoms with Crippen molar-refractivity contribution in [2.24, 2.45) is 5.92 Å². The van der Waals surface area contributed by atoms with Crippen LogP contribution >= 0.6 is 0 Å². The van der Waals surface area contributed by atoms with Crippen molar-refractivity contribution in [3.8, 4) is 0 Å². The summed E-state index contributed by atoms with van der Waals surface area (Å²) in [5, 5.41) is 17.0. The van der Waals surface area contributed by atoms with Gasteiger partial charge in [0, 0.05) is 0 Å². The number of carboxylic acid groups (broad SMARTS) is 1. The highest BCUT2D eigenvalue weighted by Gasteiger charge is 2.34. The molecule has 1 unspecified atom stereocenters. The molecule has 0 radical (unpaired) electrons. The molecule has 1 aliphatic carbocycles. The van der Waals surface area contributed by atoms with Gasteiger partial charge in [0.25, 0.3) is 0 Å². The van der Waals surface area contributed by atoms with Gasteiger partial charge in [-0.15, -0.1) is 0 Å². The second-order valence-corrected chi connectivity index (χ2v) is 1.96. The SMILES string of the molecule is [2H]C(O)(C(=O)O)C1CC1. The third kappa shape index (κ3) is 0.980. The molecule has 1 saturated carbocycles. The van der Waals surface area contributed by atoms with Gasteiger partial charge in [-0.05, 0) is 18.8 Å². The summed E-state index contributed by atoms with van der Waals surface area (Å²) in [5.74, 6) is -1.78. The van der Waals surface area contributed by atoms with E-state index >= 15 is 0 Å². The first-order valence-corrected chi connectivity index (χ1v) is 2.51. The smallest absolute Gasteiger partial charge is 0.332 e. The first kappa shape index (κ1) is 4.32. The third-order valence-corrected chi connectivity index (χ3v) is 1.18. The zero-order valence-electron chi connectivity index (χ0n) is 5.29. The van der Waals surface area contributed by atoms with Crippen LogP contribution in [0.3, 0.4) is 0 Å². The van der Waals surface area contributed by atoms with Crippen LogP contribution in [0.5, 0.6) is 0 Å². The van der Waals surface area contributed by atoms with E-state index in [2.05, 4.69) is 0 Å². The molecule has 3 heteroatoms. The zero-order chi connectivity index (χ0) is 7.07. The minimum absolute atomic E-state index is 0.338. The van der Waals surface area contributed by atoms with Gasteiger partial charge in [-0.2, -0.15) is 0 Å². The van der Waals surface area contributed by atoms with E-state index in [-0.39, 0.29) is 5.92 Å². The lowest BCUT2D eigenvalue weighted by atomic mass is 10.2. The summed E-state index contributed by atoms with van der Waals surface area (Å²) >= 11 is 0. The Hall–Kier alpha value is -0.570. The highest BCUT2D eigenvalue weighted by atomic mass is 16.4. The second-order valence-electron chi connectivity index (χ2n) is 1.96. The van der Waals surface area contributed by atoms with Gasteiger partial charge >= 0.3 is 5.97 Å². The van der Waals surface area contributed by atoms with Gasteiger partial charge in [0.05, 0.1) is 1.37 Å². The van der Waals surface area contributed by atoms with Gasteiger partial charge in [0.15, 0.2) is 6.08 Å². The molecule has 1 fully saturated rings. The van der Waals surface area contributed by atoms with Crippen molar-refractivity contribution in [2.75, 3.05) is 0 Å². The highest BCUT2D eigenvalue weighted by Crippen LogP contribution is 2.32. The van der Waals surface area contributed by atoms with Crippen LogP contribution in [0.2, 0.25) is 0 Å². The maximum absolute atomic E-state index is 10.1. The van der Waals surface area contributed by atoms with Crippen LogP contribution in [-0.2, 0) is 4.79 Å². The number of aliphatic hydroxyl groups is 1. The molecule has 3 nitrogen and oxygen atoms in total. The van der Waals surface area contributed by atoms with E-state index in [4.69, 9.17) is 11.6 Å². The van der Waals surface area contributed by atoms with Crippen molar-refractivity contribution >= 4 is 5.97 Å². The first-order valence-electron chi connectivity index (χ1n) is 3.01. The zero-order valence-corrected chi connectivity index (χ0v) is 4.29. The molecule has 0 aromatic rings. The number of carboxylic acids is 1. The molecule has 0 aromatic carbocycles. The molecule has 2 N–H and O–H groups in total. The third-order valence-electron chi connectivity index (χ3n) is 1.18. The van der Waals surface area contributed by atoms with E-state index in [9.17, 15) is 4.79 Å². The van der Waals surface area contributed by atoms with E-state index in [0.29, 0.717) is 12.8 Å². The molecule has 46 valence electrons. The summed E-state index contributed by atoms with van der Waals surface area (Å²) in [6.07, 6.45) is -0.904. The second kappa shape index (κ2) is 1.74. The average molecular weight is 117 g/mol. The summed E-state index contributed by atoms with van der Waals surface area (Å²) in [5.41, 5.74) is 0. The Balaban J connectivity index is 2.59. The van der Waals surface area contributed by atoms with E-state index in [1.54, 1.807) is 0 Å². The Labute approximate surface area is 48.3 Å². The number of aliphatic carboxylic acids is 1. The van der Waals surface area contributed by atoms with Gasteiger partial charge in [0.2, 0.25) is 0 Å². The number of carbonyl (C=O) groups is 1. The van der Waals surface area contributed by atoms with Gasteiger partial charge in [-0.3, -0.25) is 0 Å². The van der Waals surface area contributed by atoms with Crippen LogP contribution in [0, 0.1) is 5.92 Å². The molecule has 0 saturated heterocycles. The van der Waals surface area contributed by atoms with Crippen LogP contribution in [0.4, 0.5) is 0 Å². The van der Waals surface area contributed by atoms with Crippen LogP contribution in [0.1, 0.15) is 14.2 Å². The summed E-state index contributed by atoms with van der Waals surface area (Å²) in [4.78, 5) is 10.1. The molecule has 1 rings (SSSR count). The molecular formula is C5H8O3. The Morgan fingerprint density at radius 1 is 1.88 bits per heavy atom. The molecule has 0 aliphatic heterocycles. The monoisotopic (exact) mass is 117 g/mol. The van der Waals surface area contributed by atoms with E-state index in [1.807, 2.05) is 0 Å². The van der Waals surface area contributed by atoms with Gasteiger partial charge in [0.1, 0.15) is 0 Å². The quantitative estimate of drug-likeness (QED) is 0.528. The summed E-state index contributed by atoms with van der Waals surface area (Å²) < 4.78 is 6.85. The van der Waals surface area contributed by atoms with Gasteiger partial charge < -0.3 is 10.2 Å². The normalized spacial score (nSPS) is 28.4. The maximum Gasteiger partial charge on any atom is 0.332 e. The predicted octanol–water partition coefficient (Wildman–Crippen LogP) is -0.158. The van der Waals surface area contributed by atoms with Crippen molar-refractivity contribution in [3.05, 3.63) is 0 Å². The molecule has 1 atom stereocenters. The molecule has 0 heterocycles.